The molecule has 2 rings (SSSR count). The monoisotopic (exact) mass is 339 g/mol. The lowest BCUT2D eigenvalue weighted by atomic mass is 10.2. The van der Waals surface area contributed by atoms with E-state index in [-0.39, 0.29) is 19.1 Å². The van der Waals surface area contributed by atoms with Gasteiger partial charge in [0, 0.05) is 11.6 Å². The predicted octanol–water partition coefficient (Wildman–Crippen LogP) is 2.96. The van der Waals surface area contributed by atoms with Gasteiger partial charge in [-0.1, -0.05) is 48.5 Å². The molecule has 25 heavy (non-hydrogen) atoms. The third-order valence-electron chi connectivity index (χ3n) is 3.28. The highest BCUT2D eigenvalue weighted by Crippen LogP contribution is 2.19. The summed E-state index contributed by atoms with van der Waals surface area (Å²) in [5.41, 5.74) is 1.70. The molecule has 0 aliphatic carbocycles. The van der Waals surface area contributed by atoms with Gasteiger partial charge < -0.3 is 14.8 Å². The van der Waals surface area contributed by atoms with Crippen LogP contribution in [0.2, 0.25) is 0 Å². The highest BCUT2D eigenvalue weighted by atomic mass is 16.5. The topological polar surface area (TPSA) is 64.6 Å². The number of ether oxygens (including phenoxy) is 2. The molecule has 130 valence electrons. The van der Waals surface area contributed by atoms with Crippen LogP contribution in [0.15, 0.2) is 60.7 Å². The van der Waals surface area contributed by atoms with E-state index in [9.17, 15) is 9.59 Å². The summed E-state index contributed by atoms with van der Waals surface area (Å²) in [5, 5.41) is 2.50. The van der Waals surface area contributed by atoms with Crippen molar-refractivity contribution >= 4 is 18.0 Å². The van der Waals surface area contributed by atoms with E-state index < -0.39 is 5.97 Å². The van der Waals surface area contributed by atoms with Gasteiger partial charge in [0.25, 0.3) is 0 Å². The molecule has 0 saturated heterocycles. The minimum atomic E-state index is -0.486. The Bertz CT molecular complexity index is 725. The van der Waals surface area contributed by atoms with Gasteiger partial charge in [-0.3, -0.25) is 9.59 Å². The Morgan fingerprint density at radius 3 is 2.52 bits per heavy atom. The summed E-state index contributed by atoms with van der Waals surface area (Å²) < 4.78 is 10.6. The number of hydrogen-bond acceptors (Lipinski definition) is 4. The smallest absolute Gasteiger partial charge is 0.325 e. The molecule has 0 spiro atoms. The summed E-state index contributed by atoms with van der Waals surface area (Å²) >= 11 is 0. The van der Waals surface area contributed by atoms with Gasteiger partial charge >= 0.3 is 5.97 Å². The minimum absolute atomic E-state index is 0.177. The van der Waals surface area contributed by atoms with Crippen LogP contribution in [-0.2, 0) is 20.9 Å². The number of hydrogen-bond donors (Lipinski definition) is 1. The van der Waals surface area contributed by atoms with E-state index in [1.54, 1.807) is 6.08 Å². The van der Waals surface area contributed by atoms with Gasteiger partial charge in [0.15, 0.2) is 0 Å². The third-order valence-corrected chi connectivity index (χ3v) is 3.28. The zero-order chi connectivity index (χ0) is 17.9. The molecule has 0 bridgehead atoms. The zero-order valence-electron chi connectivity index (χ0n) is 14.1. The van der Waals surface area contributed by atoms with Crippen LogP contribution in [0.3, 0.4) is 0 Å². The Kier molecular flexibility index (Phi) is 7.25. The molecule has 2 aromatic carbocycles. The van der Waals surface area contributed by atoms with E-state index in [0.717, 1.165) is 11.1 Å². The van der Waals surface area contributed by atoms with Crippen LogP contribution >= 0.6 is 0 Å². The summed E-state index contributed by atoms with van der Waals surface area (Å²) in [6, 6.07) is 16.8. The summed E-state index contributed by atoms with van der Waals surface area (Å²) in [6.45, 7) is 2.45. The molecule has 1 N–H and O–H groups in total. The quantitative estimate of drug-likeness (QED) is 0.593. The van der Waals surface area contributed by atoms with Crippen molar-refractivity contribution in [2.75, 3.05) is 13.2 Å². The van der Waals surface area contributed by atoms with Crippen molar-refractivity contribution in [1.82, 2.24) is 5.32 Å². The van der Waals surface area contributed by atoms with Gasteiger partial charge in [-0.25, -0.2) is 0 Å². The first-order chi connectivity index (χ1) is 12.2. The Hall–Kier alpha value is -3.08. The molecule has 1 amide bonds. The largest absolute Gasteiger partial charge is 0.493 e. The van der Waals surface area contributed by atoms with E-state index in [0.29, 0.717) is 12.4 Å². The van der Waals surface area contributed by atoms with Crippen molar-refractivity contribution in [2.45, 2.75) is 13.5 Å². The number of esters is 1. The number of para-hydroxylation sites is 1. The molecule has 0 aromatic heterocycles. The lowest BCUT2D eigenvalue weighted by molar-refractivity contribution is -0.144. The van der Waals surface area contributed by atoms with Crippen molar-refractivity contribution in [3.8, 4) is 5.75 Å². The van der Waals surface area contributed by atoms with Crippen molar-refractivity contribution < 1.29 is 19.1 Å². The molecule has 5 heteroatoms. The Labute approximate surface area is 147 Å². The fraction of sp³-hybridized carbons (Fsp3) is 0.200. The lowest BCUT2D eigenvalue weighted by Gasteiger charge is -2.06. The predicted molar refractivity (Wildman–Crippen MR) is 95.9 cm³/mol. The van der Waals surface area contributed by atoms with Crippen LogP contribution in [0.5, 0.6) is 5.75 Å². The van der Waals surface area contributed by atoms with E-state index >= 15 is 0 Å². The molecule has 5 nitrogen and oxygen atoms in total. The summed E-state index contributed by atoms with van der Waals surface area (Å²) in [4.78, 5) is 23.5. The highest BCUT2D eigenvalue weighted by molar-refractivity contribution is 5.93. The molecular formula is C20H21NO4. The Balaban J connectivity index is 1.77. The SMILES string of the molecule is CCOc1ccccc1/C=C/C(=O)NCC(=O)OCc1ccccc1. The Morgan fingerprint density at radius 1 is 1.04 bits per heavy atom. The first-order valence-electron chi connectivity index (χ1n) is 8.06. The molecule has 0 radical (unpaired) electrons. The number of rotatable bonds is 8. The van der Waals surface area contributed by atoms with E-state index in [4.69, 9.17) is 9.47 Å². The molecule has 0 heterocycles. The van der Waals surface area contributed by atoms with Crippen molar-refractivity contribution in [1.29, 1.82) is 0 Å². The maximum Gasteiger partial charge on any atom is 0.325 e. The lowest BCUT2D eigenvalue weighted by Crippen LogP contribution is -2.29. The fourth-order valence-electron chi connectivity index (χ4n) is 2.08. The maximum absolute atomic E-state index is 11.8. The third kappa shape index (κ3) is 6.51. The average Bonchev–Trinajstić information content (AvgIpc) is 2.65. The molecule has 0 atom stereocenters. The van der Waals surface area contributed by atoms with Crippen molar-refractivity contribution in [3.63, 3.8) is 0 Å². The van der Waals surface area contributed by atoms with Gasteiger partial charge in [-0.15, -0.1) is 0 Å². The van der Waals surface area contributed by atoms with Crippen molar-refractivity contribution in [2.24, 2.45) is 0 Å². The molecule has 0 aliphatic rings. The molecule has 0 fully saturated rings. The van der Waals surface area contributed by atoms with Crippen LogP contribution in [0.4, 0.5) is 0 Å². The first-order valence-corrected chi connectivity index (χ1v) is 8.06. The number of amides is 1. The summed E-state index contributed by atoms with van der Waals surface area (Å²) in [6.07, 6.45) is 3.01. The van der Waals surface area contributed by atoms with Gasteiger partial charge in [0.05, 0.1) is 6.61 Å². The van der Waals surface area contributed by atoms with Crippen LogP contribution in [0.25, 0.3) is 6.08 Å². The van der Waals surface area contributed by atoms with Crippen LogP contribution in [0, 0.1) is 0 Å². The van der Waals surface area contributed by atoms with Crippen LogP contribution in [-0.4, -0.2) is 25.0 Å². The molecule has 0 saturated carbocycles. The van der Waals surface area contributed by atoms with Crippen LogP contribution in [0.1, 0.15) is 18.1 Å². The number of nitrogens with one attached hydrogen (secondary N) is 1. The van der Waals surface area contributed by atoms with E-state index in [1.165, 1.54) is 6.08 Å². The Morgan fingerprint density at radius 2 is 1.76 bits per heavy atom. The number of benzene rings is 2. The van der Waals surface area contributed by atoms with Gasteiger partial charge in [-0.05, 0) is 24.6 Å². The van der Waals surface area contributed by atoms with Crippen LogP contribution < -0.4 is 10.1 Å². The summed E-state index contributed by atoms with van der Waals surface area (Å²) in [7, 11) is 0. The maximum atomic E-state index is 11.8. The zero-order valence-corrected chi connectivity index (χ0v) is 14.1. The second-order valence-corrected chi connectivity index (χ2v) is 5.17. The molecule has 2 aromatic rings. The second-order valence-electron chi connectivity index (χ2n) is 5.17. The van der Waals surface area contributed by atoms with Gasteiger partial charge in [0.1, 0.15) is 18.9 Å². The van der Waals surface area contributed by atoms with Crippen molar-refractivity contribution in [3.05, 3.63) is 71.8 Å². The first kappa shape index (κ1) is 18.3. The van der Waals surface area contributed by atoms with Gasteiger partial charge in [0.2, 0.25) is 5.91 Å². The molecule has 0 aliphatic heterocycles. The fourth-order valence-corrected chi connectivity index (χ4v) is 2.08. The normalized spacial score (nSPS) is 10.4. The molecule has 0 unspecified atom stereocenters. The van der Waals surface area contributed by atoms with E-state index in [1.807, 2.05) is 61.5 Å². The van der Waals surface area contributed by atoms with Gasteiger partial charge in [-0.2, -0.15) is 0 Å². The minimum Gasteiger partial charge on any atom is -0.493 e. The average molecular weight is 339 g/mol. The second kappa shape index (κ2) is 9.93. The van der Waals surface area contributed by atoms with E-state index in [2.05, 4.69) is 5.32 Å². The molecular weight excluding hydrogens is 318 g/mol. The summed E-state index contributed by atoms with van der Waals surface area (Å²) in [5.74, 6) is -0.153. The standard InChI is InChI=1S/C20H21NO4/c1-2-24-18-11-7-6-10-17(18)12-13-19(22)21-14-20(23)25-15-16-8-4-3-5-9-16/h3-13H,2,14-15H2,1H3,(H,21,22)/b13-12+. The highest BCUT2D eigenvalue weighted by Gasteiger charge is 2.05. The number of carbonyl (C=O) groups is 2. The number of carbonyl (C=O) groups excluding carboxylic acids is 2.